The number of benzene rings is 2. The van der Waals surface area contributed by atoms with Crippen molar-refractivity contribution in [2.45, 2.75) is 33.1 Å². The molecule has 0 radical (unpaired) electrons. The summed E-state index contributed by atoms with van der Waals surface area (Å²) < 4.78 is 5.46. The zero-order chi connectivity index (χ0) is 21.2. The smallest absolute Gasteiger partial charge is 0.338 e. The molecule has 3 rings (SSSR count). The van der Waals surface area contributed by atoms with Crippen LogP contribution in [0.15, 0.2) is 53.4 Å². The molecule has 0 bridgehead atoms. The zero-order valence-electron chi connectivity index (χ0n) is 16.9. The zero-order valence-corrected chi connectivity index (χ0v) is 18.5. The lowest BCUT2D eigenvalue weighted by Gasteiger charge is -2.18. The van der Waals surface area contributed by atoms with Crippen LogP contribution in [0, 0.1) is 0 Å². The van der Waals surface area contributed by atoms with Gasteiger partial charge in [0.1, 0.15) is 0 Å². The lowest BCUT2D eigenvalue weighted by atomic mass is 9.87. The topological polar surface area (TPSA) is 46.6 Å². The highest BCUT2D eigenvalue weighted by molar-refractivity contribution is 8.27. The number of hydrogen-bond donors (Lipinski definition) is 0. The van der Waals surface area contributed by atoms with Crippen molar-refractivity contribution < 1.29 is 14.3 Å². The van der Waals surface area contributed by atoms with Crippen LogP contribution in [0.2, 0.25) is 0 Å². The predicted molar refractivity (Wildman–Crippen MR) is 123 cm³/mol. The quantitative estimate of drug-likeness (QED) is 0.364. The summed E-state index contributed by atoms with van der Waals surface area (Å²) in [5.41, 5.74) is 3.35. The molecule has 0 atom stereocenters. The van der Waals surface area contributed by atoms with E-state index in [2.05, 4.69) is 32.9 Å². The highest BCUT2D eigenvalue weighted by Crippen LogP contribution is 2.36. The molecule has 1 aliphatic heterocycles. The molecule has 0 aliphatic carbocycles. The Hall–Kier alpha value is -2.44. The molecule has 0 saturated carbocycles. The number of carbonyl (C=O) groups is 2. The second kappa shape index (κ2) is 8.51. The van der Waals surface area contributed by atoms with Crippen molar-refractivity contribution >= 4 is 51.9 Å². The SMILES string of the molecule is CCOC(=O)c1ccc(N2C(=O)/C(=C/c3ccc(C(C)(C)C)cc3)SC2=S)cc1. The number of hydrogen-bond acceptors (Lipinski definition) is 5. The Kier molecular flexibility index (Phi) is 6.24. The number of carbonyl (C=O) groups excluding carboxylic acids is 2. The number of thioether (sulfide) groups is 1. The lowest BCUT2D eigenvalue weighted by molar-refractivity contribution is -0.113. The molecule has 1 amide bonds. The number of nitrogens with zero attached hydrogens (tertiary/aromatic N) is 1. The average Bonchev–Trinajstić information content (AvgIpc) is 2.95. The summed E-state index contributed by atoms with van der Waals surface area (Å²) in [6.45, 7) is 8.58. The highest BCUT2D eigenvalue weighted by Gasteiger charge is 2.33. The number of ether oxygens (including phenoxy) is 1. The lowest BCUT2D eigenvalue weighted by Crippen LogP contribution is -2.27. The fourth-order valence-electron chi connectivity index (χ4n) is 2.88. The normalized spacial score (nSPS) is 15.9. The van der Waals surface area contributed by atoms with Gasteiger partial charge in [0.15, 0.2) is 4.32 Å². The molecule has 0 N–H and O–H groups in total. The summed E-state index contributed by atoms with van der Waals surface area (Å²) in [5, 5.41) is 0. The second-order valence-electron chi connectivity index (χ2n) is 7.66. The van der Waals surface area contributed by atoms with Crippen LogP contribution in [0.3, 0.4) is 0 Å². The minimum Gasteiger partial charge on any atom is -0.462 e. The van der Waals surface area contributed by atoms with Gasteiger partial charge in [-0.15, -0.1) is 0 Å². The number of rotatable bonds is 4. The molecular weight excluding hydrogens is 402 g/mol. The van der Waals surface area contributed by atoms with Crippen LogP contribution < -0.4 is 4.90 Å². The van der Waals surface area contributed by atoms with E-state index in [9.17, 15) is 9.59 Å². The van der Waals surface area contributed by atoms with Crippen LogP contribution >= 0.6 is 24.0 Å². The second-order valence-corrected chi connectivity index (χ2v) is 9.33. The van der Waals surface area contributed by atoms with Crippen LogP contribution in [0.5, 0.6) is 0 Å². The molecule has 1 saturated heterocycles. The third-order valence-corrected chi connectivity index (χ3v) is 5.81. The third-order valence-electron chi connectivity index (χ3n) is 4.50. The van der Waals surface area contributed by atoms with E-state index in [0.29, 0.717) is 27.1 Å². The van der Waals surface area contributed by atoms with Crippen molar-refractivity contribution in [1.82, 2.24) is 0 Å². The molecular formula is C23H23NO3S2. The minimum atomic E-state index is -0.386. The maximum Gasteiger partial charge on any atom is 0.338 e. The van der Waals surface area contributed by atoms with Gasteiger partial charge in [0.05, 0.1) is 22.8 Å². The molecule has 1 heterocycles. The largest absolute Gasteiger partial charge is 0.462 e. The summed E-state index contributed by atoms with van der Waals surface area (Å²) in [6.07, 6.45) is 1.86. The molecule has 2 aromatic carbocycles. The molecule has 2 aromatic rings. The van der Waals surface area contributed by atoms with Crippen molar-refractivity contribution in [2.24, 2.45) is 0 Å². The Labute approximate surface area is 180 Å². The van der Waals surface area contributed by atoms with Crippen LogP contribution in [-0.2, 0) is 14.9 Å². The maximum absolute atomic E-state index is 12.9. The first-order valence-corrected chi connectivity index (χ1v) is 10.6. The van der Waals surface area contributed by atoms with E-state index < -0.39 is 0 Å². The van der Waals surface area contributed by atoms with Crippen molar-refractivity contribution in [1.29, 1.82) is 0 Å². The first-order chi connectivity index (χ1) is 13.7. The van der Waals surface area contributed by atoms with E-state index in [-0.39, 0.29) is 17.3 Å². The summed E-state index contributed by atoms with van der Waals surface area (Å²) in [5.74, 6) is -0.549. The van der Waals surface area contributed by atoms with Gasteiger partial charge < -0.3 is 4.74 Å². The molecule has 1 fully saturated rings. The standard InChI is InChI=1S/C23H23NO3S2/c1-5-27-21(26)16-8-12-18(13-9-16)24-20(25)19(29-22(24)28)14-15-6-10-17(11-7-15)23(2,3)4/h6-14H,5H2,1-4H3/b19-14-. The Morgan fingerprint density at radius 1 is 1.10 bits per heavy atom. The van der Waals surface area contributed by atoms with E-state index in [0.717, 1.165) is 5.56 Å². The molecule has 0 aromatic heterocycles. The summed E-state index contributed by atoms with van der Waals surface area (Å²) in [6, 6.07) is 14.9. The van der Waals surface area contributed by atoms with Gasteiger partial charge in [-0.2, -0.15) is 0 Å². The molecule has 4 nitrogen and oxygen atoms in total. The first-order valence-electron chi connectivity index (χ1n) is 9.36. The molecule has 29 heavy (non-hydrogen) atoms. The molecule has 6 heteroatoms. The van der Waals surface area contributed by atoms with Gasteiger partial charge in [-0.05, 0) is 53.8 Å². The maximum atomic E-state index is 12.9. The van der Waals surface area contributed by atoms with Crippen LogP contribution in [0.25, 0.3) is 6.08 Å². The third kappa shape index (κ3) is 4.77. The van der Waals surface area contributed by atoms with E-state index >= 15 is 0 Å². The first kappa shape index (κ1) is 21.3. The van der Waals surface area contributed by atoms with Gasteiger partial charge in [-0.1, -0.05) is 69.0 Å². The van der Waals surface area contributed by atoms with Crippen molar-refractivity contribution in [3.8, 4) is 0 Å². The van der Waals surface area contributed by atoms with Crippen LogP contribution in [0.1, 0.15) is 49.2 Å². The molecule has 0 unspecified atom stereocenters. The van der Waals surface area contributed by atoms with E-state index in [1.807, 2.05) is 18.2 Å². The van der Waals surface area contributed by atoms with Gasteiger partial charge in [-0.25, -0.2) is 4.79 Å². The number of thiocarbonyl (C=S) groups is 1. The van der Waals surface area contributed by atoms with Gasteiger partial charge in [0.25, 0.3) is 5.91 Å². The van der Waals surface area contributed by atoms with E-state index in [1.54, 1.807) is 31.2 Å². The fraction of sp³-hybridized carbons (Fsp3) is 0.261. The Morgan fingerprint density at radius 2 is 1.72 bits per heavy atom. The number of esters is 1. The predicted octanol–water partition coefficient (Wildman–Crippen LogP) is 5.57. The number of anilines is 1. The monoisotopic (exact) mass is 425 g/mol. The number of amides is 1. The van der Waals surface area contributed by atoms with Crippen molar-refractivity contribution in [2.75, 3.05) is 11.5 Å². The van der Waals surface area contributed by atoms with Crippen LogP contribution in [-0.4, -0.2) is 22.8 Å². The van der Waals surface area contributed by atoms with Crippen LogP contribution in [0.4, 0.5) is 5.69 Å². The summed E-state index contributed by atoms with van der Waals surface area (Å²) >= 11 is 6.70. The van der Waals surface area contributed by atoms with Crippen molar-refractivity contribution in [3.63, 3.8) is 0 Å². The molecule has 0 spiro atoms. The minimum absolute atomic E-state index is 0.0810. The van der Waals surface area contributed by atoms with Gasteiger partial charge in [-0.3, -0.25) is 9.69 Å². The molecule has 150 valence electrons. The van der Waals surface area contributed by atoms with Crippen molar-refractivity contribution in [3.05, 3.63) is 70.1 Å². The average molecular weight is 426 g/mol. The molecule has 1 aliphatic rings. The highest BCUT2D eigenvalue weighted by atomic mass is 32.2. The summed E-state index contributed by atoms with van der Waals surface area (Å²) in [4.78, 5) is 26.8. The fourth-order valence-corrected chi connectivity index (χ4v) is 4.18. The Morgan fingerprint density at radius 3 is 2.28 bits per heavy atom. The van der Waals surface area contributed by atoms with E-state index in [4.69, 9.17) is 17.0 Å². The summed E-state index contributed by atoms with van der Waals surface area (Å²) in [7, 11) is 0. The Bertz CT molecular complexity index is 971. The van der Waals surface area contributed by atoms with Gasteiger partial charge >= 0.3 is 5.97 Å². The van der Waals surface area contributed by atoms with E-state index in [1.165, 1.54) is 22.2 Å². The van der Waals surface area contributed by atoms with Gasteiger partial charge in [0.2, 0.25) is 0 Å². The van der Waals surface area contributed by atoms with Gasteiger partial charge in [0, 0.05) is 0 Å². The Balaban J connectivity index is 1.81.